The molecule has 0 bridgehead atoms. The van der Waals surface area contributed by atoms with Crippen LogP contribution in [0.4, 0.5) is 0 Å². The quantitative estimate of drug-likeness (QED) is 0.153. The van der Waals surface area contributed by atoms with Crippen molar-refractivity contribution in [1.29, 1.82) is 0 Å². The summed E-state index contributed by atoms with van der Waals surface area (Å²) in [4.78, 5) is 9.12. The minimum atomic E-state index is -0.544. The Morgan fingerprint density at radius 3 is 0.980 bits per heavy atom. The Hall–Kier alpha value is -1.86. The van der Waals surface area contributed by atoms with E-state index in [2.05, 4.69) is 105 Å². The first-order chi connectivity index (χ1) is 22.0. The molecule has 0 amide bonds. The van der Waals surface area contributed by atoms with E-state index in [-0.39, 0.29) is 50.2 Å². The van der Waals surface area contributed by atoms with Crippen molar-refractivity contribution in [2.75, 3.05) is 35.5 Å². The molecule has 1 N–H and O–H groups in total. The second-order valence-electron chi connectivity index (χ2n) is 15.7. The normalized spacial score (nSPS) is 12.6. The number of aliphatic hydroxyl groups excluding tert-OH is 1. The van der Waals surface area contributed by atoms with Crippen molar-refractivity contribution in [3.05, 3.63) is 44.4 Å². The third-order valence-corrected chi connectivity index (χ3v) is 9.99. The maximum Gasteiger partial charge on any atom is 2.00 e. The number of fused-ring (bicyclic) bond motifs is 2. The molecule has 0 unspecified atom stereocenters. The predicted molar refractivity (Wildman–Crippen MR) is 195 cm³/mol. The summed E-state index contributed by atoms with van der Waals surface area (Å²) in [5, 5.41) is 34.2. The Morgan fingerprint density at radius 2 is 0.776 bits per heavy atom. The molecule has 279 valence electrons. The number of aliphatic hydroxyl groups is 1. The third kappa shape index (κ3) is 10.1. The first-order valence-electron chi connectivity index (χ1n) is 15.9. The maximum atomic E-state index is 12.9. The molecule has 0 aliphatic heterocycles. The van der Waals surface area contributed by atoms with Gasteiger partial charge in [0, 0.05) is 35.5 Å². The van der Waals surface area contributed by atoms with Crippen LogP contribution >= 0.6 is 22.7 Å². The molecule has 12 heteroatoms. The van der Waals surface area contributed by atoms with Gasteiger partial charge < -0.3 is 34.3 Å². The number of aromatic nitrogens is 2. The van der Waals surface area contributed by atoms with E-state index < -0.39 is 12.6 Å². The number of nitrogens with zero attached hydrogens (tertiary/aromatic N) is 2. The molecule has 0 spiro atoms. The van der Waals surface area contributed by atoms with Crippen LogP contribution in [0.3, 0.4) is 0 Å². The second-order valence-corrected chi connectivity index (χ2v) is 17.7. The Kier molecular flexibility index (Phi) is 15.8. The Labute approximate surface area is 311 Å². The first kappa shape index (κ1) is 45.2. The molecule has 4 rings (SSSR count). The molecule has 0 saturated heterocycles. The molecular formula is C37H56CuN2O7S2. The molecule has 0 atom stereocenters. The molecule has 0 aliphatic carbocycles. The molecule has 49 heavy (non-hydrogen) atoms. The minimum Gasteiger partial charge on any atom is -0.871 e. The molecule has 9 nitrogen and oxygen atoms in total. The van der Waals surface area contributed by atoms with E-state index in [9.17, 15) is 10.2 Å². The number of thiazole rings is 2. The van der Waals surface area contributed by atoms with Gasteiger partial charge in [-0.15, -0.1) is 22.7 Å². The third-order valence-electron chi connectivity index (χ3n) is 7.77. The summed E-state index contributed by atoms with van der Waals surface area (Å²) in [6.45, 7) is 25.3. The van der Waals surface area contributed by atoms with Crippen LogP contribution in [-0.4, -0.2) is 50.6 Å². The van der Waals surface area contributed by atoms with Crippen molar-refractivity contribution in [2.45, 2.75) is 117 Å². The van der Waals surface area contributed by atoms with Crippen LogP contribution in [0.2, 0.25) is 0 Å². The van der Waals surface area contributed by atoms with Crippen LogP contribution in [0.25, 0.3) is 20.4 Å². The summed E-state index contributed by atoms with van der Waals surface area (Å²) in [6, 6.07) is 4.11. The first-order valence-corrected chi connectivity index (χ1v) is 17.5. The van der Waals surface area contributed by atoms with Gasteiger partial charge in [-0.1, -0.05) is 107 Å². The summed E-state index contributed by atoms with van der Waals surface area (Å²) in [5.74, 6) is 0.0166. The number of ether oxygens (including phenoxy) is 4. The van der Waals surface area contributed by atoms with Gasteiger partial charge in [0.1, 0.15) is 0 Å². The topological polar surface area (TPSA) is 129 Å². The molecule has 1 radical (unpaired) electrons. The zero-order chi connectivity index (χ0) is 37.2. The van der Waals surface area contributed by atoms with Gasteiger partial charge in [0.15, 0.2) is 10.0 Å². The van der Waals surface area contributed by atoms with Gasteiger partial charge in [-0.05, 0) is 43.9 Å². The zero-order valence-electron chi connectivity index (χ0n) is 32.2. The molecule has 0 saturated carbocycles. The van der Waals surface area contributed by atoms with Crippen LogP contribution in [0.15, 0.2) is 12.1 Å². The fourth-order valence-corrected chi connectivity index (χ4v) is 7.87. The fourth-order valence-electron chi connectivity index (χ4n) is 5.18. The Bertz CT molecular complexity index is 1540. The van der Waals surface area contributed by atoms with Crippen molar-refractivity contribution in [3.8, 4) is 11.5 Å². The van der Waals surface area contributed by atoms with E-state index in [0.717, 1.165) is 38.8 Å². The van der Waals surface area contributed by atoms with Crippen LogP contribution in [-0.2, 0) is 57.7 Å². The SMILES string of the molecule is CO.COC(OC)c1nc2c([O-])c(C(C)(C)C)cc(C(C)(C)C)c2s1.COC(OC)c1nc2c([O-])c(C(C)(C)C)cc(C(C)(C)C)c2s1.[Cu+2]. The van der Waals surface area contributed by atoms with Crippen molar-refractivity contribution in [1.82, 2.24) is 9.97 Å². The van der Waals surface area contributed by atoms with Gasteiger partial charge in [-0.25, -0.2) is 9.97 Å². The summed E-state index contributed by atoms with van der Waals surface area (Å²) in [7, 11) is 7.29. The molecule has 0 fully saturated rings. The maximum absolute atomic E-state index is 12.9. The minimum absolute atomic E-state index is 0. The van der Waals surface area contributed by atoms with Crippen LogP contribution in [0.5, 0.6) is 11.5 Å². The van der Waals surface area contributed by atoms with Crippen molar-refractivity contribution in [3.63, 3.8) is 0 Å². The average Bonchev–Trinajstić information content (AvgIpc) is 3.60. The summed E-state index contributed by atoms with van der Waals surface area (Å²) in [6.07, 6.45) is -1.09. The van der Waals surface area contributed by atoms with Gasteiger partial charge >= 0.3 is 17.1 Å². The van der Waals surface area contributed by atoms with Gasteiger partial charge in [0.25, 0.3) is 0 Å². The second kappa shape index (κ2) is 17.1. The number of hydrogen-bond donors (Lipinski definition) is 1. The molecular weight excluding hydrogens is 712 g/mol. The number of hydrogen-bond acceptors (Lipinski definition) is 11. The standard InChI is InChI=1S/2C18H27NO3S.CH4O.Cu/c2*1-17(2,3)10-9-11(18(4,5)6)14-12(13(10)20)19-15(23-14)16(21-7)22-8;1-2;/h2*9,16,20H,1-8H3;2H,1H3;/q;;;+2/p-2. The van der Waals surface area contributed by atoms with Crippen molar-refractivity contribution in [2.24, 2.45) is 0 Å². The van der Waals surface area contributed by atoms with Gasteiger partial charge in [-0.3, -0.25) is 0 Å². The summed E-state index contributed by atoms with van der Waals surface area (Å²) < 4.78 is 23.1. The van der Waals surface area contributed by atoms with E-state index in [1.54, 1.807) is 28.4 Å². The Balaban J connectivity index is 0.000000458. The van der Waals surface area contributed by atoms with E-state index >= 15 is 0 Å². The molecule has 2 aromatic heterocycles. The molecule has 2 heterocycles. The largest absolute Gasteiger partial charge is 2.00 e. The van der Waals surface area contributed by atoms with E-state index in [1.807, 2.05) is 0 Å². The molecule has 4 aromatic rings. The number of rotatable bonds is 6. The molecule has 0 aliphatic rings. The fraction of sp³-hybridized carbons (Fsp3) is 0.622. The molecule has 2 aromatic carbocycles. The van der Waals surface area contributed by atoms with E-state index in [1.165, 1.54) is 22.7 Å². The number of benzene rings is 2. The van der Waals surface area contributed by atoms with Crippen molar-refractivity contribution >= 4 is 43.1 Å². The smallest absolute Gasteiger partial charge is 0.871 e. The van der Waals surface area contributed by atoms with Gasteiger partial charge in [0.2, 0.25) is 12.6 Å². The average molecular weight is 769 g/mol. The van der Waals surface area contributed by atoms with Crippen LogP contribution < -0.4 is 10.2 Å². The zero-order valence-corrected chi connectivity index (χ0v) is 34.8. The van der Waals surface area contributed by atoms with Crippen LogP contribution in [0.1, 0.15) is 128 Å². The van der Waals surface area contributed by atoms with Crippen molar-refractivity contribution < 1.29 is 51.3 Å². The Morgan fingerprint density at radius 1 is 0.531 bits per heavy atom. The monoisotopic (exact) mass is 767 g/mol. The van der Waals surface area contributed by atoms with E-state index in [4.69, 9.17) is 24.1 Å². The number of methoxy groups -OCH3 is 4. The summed E-state index contributed by atoms with van der Waals surface area (Å²) >= 11 is 2.96. The van der Waals surface area contributed by atoms with Crippen LogP contribution in [0, 0.1) is 0 Å². The van der Waals surface area contributed by atoms with Gasteiger partial charge in [0.05, 0.1) is 20.4 Å². The van der Waals surface area contributed by atoms with Gasteiger partial charge in [-0.2, -0.15) is 0 Å². The van der Waals surface area contributed by atoms with E-state index in [0.29, 0.717) is 21.0 Å². The predicted octanol–water partition coefficient (Wildman–Crippen LogP) is 8.12. The summed E-state index contributed by atoms with van der Waals surface area (Å²) in [5.41, 5.74) is 4.35.